The number of aromatic nitrogens is 1. The van der Waals surface area contributed by atoms with Crippen LogP contribution in [0.1, 0.15) is 17.5 Å². The lowest BCUT2D eigenvalue weighted by molar-refractivity contribution is -0.384. The molecule has 1 N–H and O–H groups in total. The van der Waals surface area contributed by atoms with Crippen LogP contribution in [0.25, 0.3) is 0 Å². The van der Waals surface area contributed by atoms with Gasteiger partial charge in [-0.15, -0.1) is 11.3 Å². The second kappa shape index (κ2) is 6.97. The van der Waals surface area contributed by atoms with Crippen LogP contribution >= 0.6 is 11.3 Å². The molecule has 0 amide bonds. The van der Waals surface area contributed by atoms with Gasteiger partial charge in [0.1, 0.15) is 17.4 Å². The van der Waals surface area contributed by atoms with E-state index >= 15 is 0 Å². The third-order valence-corrected chi connectivity index (χ3v) is 3.41. The Morgan fingerprint density at radius 3 is 3.00 bits per heavy atom. The first-order valence-corrected chi connectivity index (χ1v) is 7.08. The Bertz CT molecular complexity index is 572. The molecule has 2 rings (SSSR count). The molecule has 0 radical (unpaired) electrons. The summed E-state index contributed by atoms with van der Waals surface area (Å²) in [5, 5.41) is 16.7. The molecule has 0 unspecified atom stereocenters. The largest absolute Gasteiger partial charge is 0.486 e. The highest BCUT2D eigenvalue weighted by Crippen LogP contribution is 2.25. The van der Waals surface area contributed by atoms with E-state index in [-0.39, 0.29) is 5.69 Å². The van der Waals surface area contributed by atoms with Gasteiger partial charge in [0.2, 0.25) is 0 Å². The molecular formula is C13H15N3O3S. The van der Waals surface area contributed by atoms with Crippen molar-refractivity contribution in [2.45, 2.75) is 20.1 Å². The van der Waals surface area contributed by atoms with Crippen molar-refractivity contribution in [2.75, 3.05) is 6.54 Å². The fourth-order valence-electron chi connectivity index (χ4n) is 1.68. The van der Waals surface area contributed by atoms with Crippen molar-refractivity contribution in [2.24, 2.45) is 0 Å². The number of hydrogen-bond acceptors (Lipinski definition) is 6. The van der Waals surface area contributed by atoms with Gasteiger partial charge in [-0.1, -0.05) is 6.92 Å². The molecule has 106 valence electrons. The molecule has 20 heavy (non-hydrogen) atoms. The average molecular weight is 293 g/mol. The normalized spacial score (nSPS) is 10.4. The number of nitro benzene ring substituents is 1. The lowest BCUT2D eigenvalue weighted by Crippen LogP contribution is -2.13. The molecule has 0 atom stereocenters. The van der Waals surface area contributed by atoms with Crippen LogP contribution in [0.2, 0.25) is 0 Å². The summed E-state index contributed by atoms with van der Waals surface area (Å²) in [6, 6.07) is 4.63. The van der Waals surface area contributed by atoms with E-state index in [1.54, 1.807) is 18.3 Å². The third-order valence-electron chi connectivity index (χ3n) is 2.65. The predicted molar refractivity (Wildman–Crippen MR) is 76.9 cm³/mol. The van der Waals surface area contributed by atoms with Gasteiger partial charge in [-0.05, 0) is 12.6 Å². The molecule has 0 bridgehead atoms. The number of nitro groups is 1. The first-order valence-electron chi connectivity index (χ1n) is 6.20. The number of non-ortho nitro benzene ring substituents is 1. The zero-order valence-corrected chi connectivity index (χ0v) is 11.9. The summed E-state index contributed by atoms with van der Waals surface area (Å²) in [4.78, 5) is 14.6. The molecule has 0 saturated heterocycles. The van der Waals surface area contributed by atoms with Gasteiger partial charge in [-0.3, -0.25) is 10.1 Å². The minimum atomic E-state index is -0.403. The van der Waals surface area contributed by atoms with Gasteiger partial charge in [0.25, 0.3) is 5.69 Å². The molecule has 1 aromatic heterocycles. The molecule has 2 aromatic rings. The highest BCUT2D eigenvalue weighted by atomic mass is 32.1. The maximum absolute atomic E-state index is 10.8. The summed E-state index contributed by atoms with van der Waals surface area (Å²) in [7, 11) is 0. The number of thiazole rings is 1. The monoisotopic (exact) mass is 293 g/mol. The van der Waals surface area contributed by atoms with Crippen LogP contribution in [0.4, 0.5) is 5.69 Å². The van der Waals surface area contributed by atoms with Crippen LogP contribution in [0.15, 0.2) is 29.8 Å². The van der Waals surface area contributed by atoms with Gasteiger partial charge in [-0.2, -0.15) is 0 Å². The van der Waals surface area contributed by atoms with Crippen LogP contribution in [0.5, 0.6) is 5.75 Å². The maximum atomic E-state index is 10.8. The van der Waals surface area contributed by atoms with Crippen LogP contribution < -0.4 is 10.1 Å². The molecule has 1 heterocycles. The predicted octanol–water partition coefficient (Wildman–Crippen LogP) is 2.74. The molecule has 0 aliphatic carbocycles. The zero-order valence-electron chi connectivity index (χ0n) is 11.0. The van der Waals surface area contributed by atoms with Gasteiger partial charge in [0.15, 0.2) is 0 Å². The SMILES string of the molecule is CCNCc1cc([N+](=O)[O-])ccc1OCc1nccs1. The van der Waals surface area contributed by atoms with E-state index in [4.69, 9.17) is 4.74 Å². The Morgan fingerprint density at radius 1 is 1.50 bits per heavy atom. The Balaban J connectivity index is 2.14. The first-order chi connectivity index (χ1) is 9.70. The molecule has 1 aromatic carbocycles. The second-order valence-electron chi connectivity index (χ2n) is 4.04. The van der Waals surface area contributed by atoms with Crippen LogP contribution in [-0.2, 0) is 13.2 Å². The quantitative estimate of drug-likeness (QED) is 0.627. The van der Waals surface area contributed by atoms with E-state index in [0.717, 1.165) is 17.1 Å². The number of benzene rings is 1. The van der Waals surface area contributed by atoms with Gasteiger partial charge >= 0.3 is 0 Å². The van der Waals surface area contributed by atoms with Crippen molar-refractivity contribution < 1.29 is 9.66 Å². The van der Waals surface area contributed by atoms with E-state index in [1.807, 2.05) is 12.3 Å². The highest BCUT2D eigenvalue weighted by Gasteiger charge is 2.12. The molecule has 6 nitrogen and oxygen atoms in total. The smallest absolute Gasteiger partial charge is 0.270 e. The third kappa shape index (κ3) is 3.75. The number of nitrogens with one attached hydrogen (secondary N) is 1. The number of rotatable bonds is 7. The van der Waals surface area contributed by atoms with Crippen molar-refractivity contribution in [3.63, 3.8) is 0 Å². The van der Waals surface area contributed by atoms with Crippen molar-refractivity contribution >= 4 is 17.0 Å². The number of hydrogen-bond donors (Lipinski definition) is 1. The standard InChI is InChI=1S/C13H15N3O3S/c1-2-14-8-10-7-11(16(17)18)3-4-12(10)19-9-13-15-5-6-20-13/h3-7,14H,2,8-9H2,1H3. The van der Waals surface area contributed by atoms with Crippen molar-refractivity contribution in [1.29, 1.82) is 0 Å². The van der Waals surface area contributed by atoms with Gasteiger partial charge in [0, 0.05) is 35.8 Å². The maximum Gasteiger partial charge on any atom is 0.270 e. The summed E-state index contributed by atoms with van der Waals surface area (Å²) in [6.45, 7) is 3.67. The lowest BCUT2D eigenvalue weighted by Gasteiger charge is -2.10. The molecule has 0 fully saturated rings. The van der Waals surface area contributed by atoms with Gasteiger partial charge in [0.05, 0.1) is 4.92 Å². The molecule has 0 spiro atoms. The second-order valence-corrected chi connectivity index (χ2v) is 5.02. The first kappa shape index (κ1) is 14.4. The fraction of sp³-hybridized carbons (Fsp3) is 0.308. The topological polar surface area (TPSA) is 77.3 Å². The van der Waals surface area contributed by atoms with Crippen molar-refractivity contribution in [3.8, 4) is 5.75 Å². The Hall–Kier alpha value is -1.99. The molecule has 0 saturated carbocycles. The van der Waals surface area contributed by atoms with Gasteiger partial charge in [-0.25, -0.2) is 4.98 Å². The Kier molecular flexibility index (Phi) is 5.03. The number of nitrogens with zero attached hydrogens (tertiary/aromatic N) is 2. The highest BCUT2D eigenvalue weighted by molar-refractivity contribution is 7.09. The fourth-order valence-corrected chi connectivity index (χ4v) is 2.21. The Labute approximate surface area is 120 Å². The minimum absolute atomic E-state index is 0.0690. The Morgan fingerprint density at radius 2 is 2.35 bits per heavy atom. The minimum Gasteiger partial charge on any atom is -0.486 e. The molecule has 7 heteroatoms. The number of ether oxygens (including phenoxy) is 1. The van der Waals surface area contributed by atoms with E-state index in [2.05, 4.69) is 10.3 Å². The summed E-state index contributed by atoms with van der Waals surface area (Å²) in [6.07, 6.45) is 1.72. The van der Waals surface area contributed by atoms with Gasteiger partial charge < -0.3 is 10.1 Å². The average Bonchev–Trinajstić information content (AvgIpc) is 2.96. The van der Waals surface area contributed by atoms with E-state index < -0.39 is 4.92 Å². The lowest BCUT2D eigenvalue weighted by atomic mass is 10.1. The van der Waals surface area contributed by atoms with Crippen LogP contribution in [0, 0.1) is 10.1 Å². The van der Waals surface area contributed by atoms with Crippen LogP contribution in [-0.4, -0.2) is 16.5 Å². The zero-order chi connectivity index (χ0) is 14.4. The van der Waals surface area contributed by atoms with E-state index in [9.17, 15) is 10.1 Å². The summed E-state index contributed by atoms with van der Waals surface area (Å²) >= 11 is 1.51. The van der Waals surface area contributed by atoms with E-state index in [0.29, 0.717) is 18.9 Å². The van der Waals surface area contributed by atoms with E-state index in [1.165, 1.54) is 17.4 Å². The summed E-state index contributed by atoms with van der Waals surface area (Å²) in [5.41, 5.74) is 0.845. The molecule has 0 aliphatic heterocycles. The van der Waals surface area contributed by atoms with Crippen molar-refractivity contribution in [1.82, 2.24) is 10.3 Å². The molecular weight excluding hydrogens is 278 g/mol. The molecule has 0 aliphatic rings. The summed E-state index contributed by atoms with van der Waals surface area (Å²) in [5.74, 6) is 0.645. The van der Waals surface area contributed by atoms with Crippen molar-refractivity contribution in [3.05, 3.63) is 50.5 Å². The summed E-state index contributed by atoms with van der Waals surface area (Å²) < 4.78 is 5.70. The van der Waals surface area contributed by atoms with Crippen LogP contribution in [0.3, 0.4) is 0 Å².